The molecule has 0 aromatic carbocycles. The van der Waals surface area contributed by atoms with Crippen LogP contribution in [0.25, 0.3) is 0 Å². The van der Waals surface area contributed by atoms with E-state index >= 15 is 0 Å². The maximum absolute atomic E-state index is 11.5. The summed E-state index contributed by atoms with van der Waals surface area (Å²) < 4.78 is 15.5. The van der Waals surface area contributed by atoms with Crippen molar-refractivity contribution in [3.8, 4) is 0 Å². The Morgan fingerprint density at radius 2 is 2.05 bits per heavy atom. The van der Waals surface area contributed by atoms with Crippen LogP contribution in [0.5, 0.6) is 0 Å². The maximum atomic E-state index is 11.5. The van der Waals surface area contributed by atoms with Gasteiger partial charge >= 0.3 is 0 Å². The van der Waals surface area contributed by atoms with Gasteiger partial charge < -0.3 is 35.5 Å². The molecule has 0 aromatic heterocycles. The summed E-state index contributed by atoms with van der Waals surface area (Å²) in [6.45, 7) is 2.05. The molecule has 0 aromatic rings. The minimum atomic E-state index is -0.977. The zero-order valence-electron chi connectivity index (χ0n) is 11.5. The lowest BCUT2D eigenvalue weighted by Gasteiger charge is -2.32. The first-order valence-corrected chi connectivity index (χ1v) is 6.75. The van der Waals surface area contributed by atoms with Gasteiger partial charge in [0.2, 0.25) is 5.91 Å². The van der Waals surface area contributed by atoms with Gasteiger partial charge in [-0.15, -0.1) is 0 Å². The fourth-order valence-corrected chi connectivity index (χ4v) is 1.77. The van der Waals surface area contributed by atoms with Crippen LogP contribution in [0.15, 0.2) is 0 Å². The first-order chi connectivity index (χ1) is 9.65. The summed E-state index contributed by atoms with van der Waals surface area (Å²) in [5, 5.41) is 21.7. The van der Waals surface area contributed by atoms with Crippen molar-refractivity contribution in [2.45, 2.75) is 24.7 Å². The van der Waals surface area contributed by atoms with Crippen molar-refractivity contribution in [2.75, 3.05) is 46.1 Å². The van der Waals surface area contributed by atoms with E-state index in [-0.39, 0.29) is 19.1 Å². The van der Waals surface area contributed by atoms with Crippen molar-refractivity contribution in [2.24, 2.45) is 5.73 Å². The van der Waals surface area contributed by atoms with E-state index in [0.29, 0.717) is 39.4 Å². The van der Waals surface area contributed by atoms with Crippen molar-refractivity contribution in [3.05, 3.63) is 0 Å². The third-order valence-electron chi connectivity index (χ3n) is 2.89. The second-order valence-corrected chi connectivity index (χ2v) is 4.51. The number of aliphatic hydroxyl groups excluding tert-OH is 2. The number of carbonyl (C=O) groups is 1. The van der Waals surface area contributed by atoms with Crippen LogP contribution in [0.2, 0.25) is 0 Å². The summed E-state index contributed by atoms with van der Waals surface area (Å²) in [6.07, 6.45) is -1.97. The predicted octanol–water partition coefficient (Wildman–Crippen LogP) is -2.39. The minimum absolute atomic E-state index is 0.0860. The number of aliphatic hydroxyl groups is 2. The Kier molecular flexibility index (Phi) is 8.67. The Morgan fingerprint density at radius 3 is 2.80 bits per heavy atom. The topological polar surface area (TPSA) is 123 Å². The van der Waals surface area contributed by atoms with E-state index in [1.165, 1.54) is 0 Å². The third-order valence-corrected chi connectivity index (χ3v) is 2.89. The molecule has 1 saturated heterocycles. The van der Waals surface area contributed by atoms with Gasteiger partial charge in [-0.25, -0.2) is 0 Å². The Hall–Kier alpha value is -0.770. The van der Waals surface area contributed by atoms with E-state index in [1.807, 2.05) is 0 Å². The lowest BCUT2D eigenvalue weighted by molar-refractivity contribution is -0.139. The molecule has 1 aliphatic heterocycles. The molecule has 0 aliphatic carbocycles. The highest BCUT2D eigenvalue weighted by Crippen LogP contribution is 2.13. The van der Waals surface area contributed by atoms with Gasteiger partial charge in [0.05, 0.1) is 25.9 Å². The standard InChI is InChI=1S/C12H24N2O6/c13-2-4-18-5-6-19-8-11(16)14-7-10-12(17)9(15)1-3-20-10/h9-10,12,15,17H,1-8,13H2,(H,14,16). The quantitative estimate of drug-likeness (QED) is 0.349. The summed E-state index contributed by atoms with van der Waals surface area (Å²) in [6, 6.07) is 0. The smallest absolute Gasteiger partial charge is 0.246 e. The van der Waals surface area contributed by atoms with E-state index in [4.69, 9.17) is 19.9 Å². The summed E-state index contributed by atoms with van der Waals surface area (Å²) in [4.78, 5) is 11.5. The van der Waals surface area contributed by atoms with Crippen LogP contribution in [-0.4, -0.2) is 80.6 Å². The normalized spacial score (nSPS) is 26.4. The summed E-state index contributed by atoms with van der Waals surface area (Å²) in [5.74, 6) is -0.306. The molecule has 0 radical (unpaired) electrons. The fourth-order valence-electron chi connectivity index (χ4n) is 1.77. The van der Waals surface area contributed by atoms with Gasteiger partial charge in [-0.3, -0.25) is 4.79 Å². The second-order valence-electron chi connectivity index (χ2n) is 4.51. The lowest BCUT2D eigenvalue weighted by atomic mass is 10.0. The average Bonchev–Trinajstić information content (AvgIpc) is 2.44. The number of hydrogen-bond acceptors (Lipinski definition) is 7. The van der Waals surface area contributed by atoms with Crippen LogP contribution < -0.4 is 11.1 Å². The van der Waals surface area contributed by atoms with Crippen molar-refractivity contribution < 1.29 is 29.2 Å². The molecule has 20 heavy (non-hydrogen) atoms. The maximum Gasteiger partial charge on any atom is 0.246 e. The highest BCUT2D eigenvalue weighted by atomic mass is 16.5. The van der Waals surface area contributed by atoms with Crippen LogP contribution in [-0.2, 0) is 19.0 Å². The molecule has 0 spiro atoms. The van der Waals surface area contributed by atoms with E-state index in [0.717, 1.165) is 0 Å². The minimum Gasteiger partial charge on any atom is -0.390 e. The number of nitrogens with two attached hydrogens (primary N) is 1. The number of rotatable bonds is 9. The van der Waals surface area contributed by atoms with E-state index in [2.05, 4.69) is 5.32 Å². The van der Waals surface area contributed by atoms with Crippen molar-refractivity contribution >= 4 is 5.91 Å². The predicted molar refractivity (Wildman–Crippen MR) is 70.1 cm³/mol. The molecule has 8 heteroatoms. The molecular formula is C12H24N2O6. The zero-order valence-corrected chi connectivity index (χ0v) is 11.5. The monoisotopic (exact) mass is 292 g/mol. The van der Waals surface area contributed by atoms with Crippen LogP contribution in [0.1, 0.15) is 6.42 Å². The van der Waals surface area contributed by atoms with Crippen molar-refractivity contribution in [1.29, 1.82) is 0 Å². The SMILES string of the molecule is NCCOCCOCC(=O)NCC1OCCC(O)C1O. The average molecular weight is 292 g/mol. The van der Waals surface area contributed by atoms with E-state index in [1.54, 1.807) is 0 Å². The first kappa shape index (κ1) is 17.3. The molecule has 5 N–H and O–H groups in total. The first-order valence-electron chi connectivity index (χ1n) is 6.75. The summed E-state index contributed by atoms with van der Waals surface area (Å²) >= 11 is 0. The Labute approximate surface area is 118 Å². The van der Waals surface area contributed by atoms with E-state index < -0.39 is 18.3 Å². The molecule has 0 bridgehead atoms. The molecule has 0 saturated carbocycles. The molecule has 1 rings (SSSR count). The molecule has 1 aliphatic rings. The summed E-state index contributed by atoms with van der Waals surface area (Å²) in [7, 11) is 0. The third kappa shape index (κ3) is 6.60. The zero-order chi connectivity index (χ0) is 14.8. The molecule has 1 heterocycles. The van der Waals surface area contributed by atoms with Gasteiger partial charge in [0.25, 0.3) is 0 Å². The van der Waals surface area contributed by atoms with Crippen molar-refractivity contribution in [3.63, 3.8) is 0 Å². The summed E-state index contributed by atoms with van der Waals surface area (Å²) in [5.41, 5.74) is 5.24. The Balaban J connectivity index is 2.04. The van der Waals surface area contributed by atoms with Gasteiger partial charge in [-0.05, 0) is 6.42 Å². The lowest BCUT2D eigenvalue weighted by Crippen LogP contribution is -2.50. The van der Waals surface area contributed by atoms with E-state index in [9.17, 15) is 15.0 Å². The van der Waals surface area contributed by atoms with Crippen LogP contribution >= 0.6 is 0 Å². The largest absolute Gasteiger partial charge is 0.390 e. The van der Waals surface area contributed by atoms with Gasteiger partial charge in [0.1, 0.15) is 18.8 Å². The molecule has 1 fully saturated rings. The van der Waals surface area contributed by atoms with Crippen LogP contribution in [0.4, 0.5) is 0 Å². The molecule has 3 unspecified atom stereocenters. The van der Waals surface area contributed by atoms with Crippen molar-refractivity contribution in [1.82, 2.24) is 5.32 Å². The molecular weight excluding hydrogens is 268 g/mol. The Bertz CT molecular complexity index is 279. The molecule has 1 amide bonds. The van der Waals surface area contributed by atoms with Gasteiger partial charge in [0.15, 0.2) is 0 Å². The number of nitrogens with one attached hydrogen (secondary N) is 1. The number of carbonyl (C=O) groups excluding carboxylic acids is 1. The Morgan fingerprint density at radius 1 is 1.30 bits per heavy atom. The van der Waals surface area contributed by atoms with Gasteiger partial charge in [-0.2, -0.15) is 0 Å². The highest BCUT2D eigenvalue weighted by molar-refractivity contribution is 5.77. The molecule has 8 nitrogen and oxygen atoms in total. The fraction of sp³-hybridized carbons (Fsp3) is 0.917. The second kappa shape index (κ2) is 10.0. The molecule has 3 atom stereocenters. The number of ether oxygens (including phenoxy) is 3. The van der Waals surface area contributed by atoms with Crippen LogP contribution in [0.3, 0.4) is 0 Å². The molecule has 118 valence electrons. The van der Waals surface area contributed by atoms with Gasteiger partial charge in [-0.1, -0.05) is 0 Å². The van der Waals surface area contributed by atoms with Gasteiger partial charge in [0, 0.05) is 19.7 Å². The number of hydrogen-bond donors (Lipinski definition) is 4. The van der Waals surface area contributed by atoms with Crippen LogP contribution in [0, 0.1) is 0 Å². The number of amides is 1. The highest BCUT2D eigenvalue weighted by Gasteiger charge is 2.31.